The number of hydrogen-bond acceptors (Lipinski definition) is 2. The number of hydrogen-bond donors (Lipinski definition) is 0. The fourth-order valence-corrected chi connectivity index (χ4v) is 8.45. The Bertz CT molecular complexity index is 3180. The summed E-state index contributed by atoms with van der Waals surface area (Å²) >= 11 is 0. The summed E-state index contributed by atoms with van der Waals surface area (Å²) in [5.74, 6) is 0. The summed E-state index contributed by atoms with van der Waals surface area (Å²) in [6.45, 7) is 0. The average molecular weight is 674 g/mol. The minimum atomic E-state index is 0. The Hall–Kier alpha value is -6.90. The minimum absolute atomic E-state index is 0. The highest BCUT2D eigenvalue weighted by Gasteiger charge is 2.20. The molecule has 2 heteroatoms. The van der Waals surface area contributed by atoms with Crippen LogP contribution >= 0.6 is 0 Å². The number of fused-ring (bicyclic) bond motifs is 12. The Balaban J connectivity index is 0.00000107. The van der Waals surface area contributed by atoms with Gasteiger partial charge >= 0.3 is 0 Å². The molecule has 0 aliphatic rings. The van der Waals surface area contributed by atoms with Gasteiger partial charge in [0.15, 0.2) is 0 Å². The first-order valence-electron chi connectivity index (χ1n) is 17.8. The zero-order valence-electron chi connectivity index (χ0n) is 28.3. The fourth-order valence-electron chi connectivity index (χ4n) is 8.45. The Morgan fingerprint density at radius 3 is 1.69 bits per heavy atom. The van der Waals surface area contributed by atoms with E-state index in [9.17, 15) is 0 Å². The molecule has 1 aromatic heterocycles. The summed E-state index contributed by atoms with van der Waals surface area (Å²) < 4.78 is 6.44. The van der Waals surface area contributed by atoms with E-state index in [2.05, 4.69) is 181 Å². The molecule has 0 aliphatic heterocycles. The predicted octanol–water partition coefficient (Wildman–Crippen LogP) is 16.0. The standard InChI is InChI=1S/C50H31NO.6H2/c1-2-13-37-32(11-1)23-24-34-12-9-21-47(49(34)37)51(36-29-30-43-41-16-4-3-14-39(41)40-15-5-6-17-42(40)46(43)31-36)35-27-25-33(26-28-35)38-19-10-20-45-44-18-7-8-22-48(44)52-50(38)45;;;;;;/h1-31H;6*1H. The third-order valence-electron chi connectivity index (χ3n) is 10.8. The van der Waals surface area contributed by atoms with Crippen molar-refractivity contribution in [3.8, 4) is 11.1 Å². The number of rotatable bonds is 4. The van der Waals surface area contributed by atoms with Crippen molar-refractivity contribution in [2.24, 2.45) is 0 Å². The van der Waals surface area contributed by atoms with Gasteiger partial charge in [-0.05, 0) is 90.4 Å². The highest BCUT2D eigenvalue weighted by atomic mass is 16.3. The summed E-state index contributed by atoms with van der Waals surface area (Å²) in [6.07, 6.45) is 0. The Labute approximate surface area is 309 Å². The smallest absolute Gasteiger partial charge is 0.143 e. The summed E-state index contributed by atoms with van der Waals surface area (Å²) in [6, 6.07) is 68.1. The highest BCUT2D eigenvalue weighted by molar-refractivity contribution is 6.26. The van der Waals surface area contributed by atoms with Crippen LogP contribution in [0.1, 0.15) is 8.56 Å². The Morgan fingerprint density at radius 2 is 0.923 bits per heavy atom. The molecular formula is C50H43NO. The molecule has 2 nitrogen and oxygen atoms in total. The van der Waals surface area contributed by atoms with E-state index in [4.69, 9.17) is 4.42 Å². The number of furan rings is 1. The largest absolute Gasteiger partial charge is 0.455 e. The van der Waals surface area contributed by atoms with Gasteiger partial charge in [0.25, 0.3) is 0 Å². The lowest BCUT2D eigenvalue weighted by Crippen LogP contribution is -2.10. The first kappa shape index (κ1) is 28.9. The lowest BCUT2D eigenvalue weighted by atomic mass is 9.93. The van der Waals surface area contributed by atoms with Crippen LogP contribution in [0.4, 0.5) is 17.1 Å². The number of nitrogens with zero attached hydrogens (tertiary/aromatic N) is 1. The van der Waals surface area contributed by atoms with Gasteiger partial charge in [0.2, 0.25) is 0 Å². The molecule has 0 atom stereocenters. The van der Waals surface area contributed by atoms with Gasteiger partial charge in [-0.1, -0.05) is 152 Å². The molecule has 0 saturated heterocycles. The van der Waals surface area contributed by atoms with Crippen LogP contribution in [0.25, 0.3) is 86.9 Å². The van der Waals surface area contributed by atoms with Gasteiger partial charge in [0, 0.05) is 41.7 Å². The molecule has 0 unspecified atom stereocenters. The summed E-state index contributed by atoms with van der Waals surface area (Å²) in [4.78, 5) is 2.43. The second-order valence-corrected chi connectivity index (χ2v) is 13.6. The lowest BCUT2D eigenvalue weighted by molar-refractivity contribution is 0.670. The Morgan fingerprint density at radius 1 is 0.365 bits per heavy atom. The number of para-hydroxylation sites is 2. The Kier molecular flexibility index (Phi) is 6.28. The normalized spacial score (nSPS) is 11.8. The quantitative estimate of drug-likeness (QED) is 0.173. The monoisotopic (exact) mass is 673 g/mol. The van der Waals surface area contributed by atoms with Gasteiger partial charge in [-0.15, -0.1) is 0 Å². The fraction of sp³-hybridized carbons (Fsp3) is 0. The van der Waals surface area contributed by atoms with E-state index in [1.54, 1.807) is 0 Å². The topological polar surface area (TPSA) is 16.4 Å². The third kappa shape index (κ3) is 4.31. The first-order valence-corrected chi connectivity index (χ1v) is 17.8. The molecule has 0 radical (unpaired) electrons. The molecule has 254 valence electrons. The second kappa shape index (κ2) is 11.3. The maximum absolute atomic E-state index is 6.44. The van der Waals surface area contributed by atoms with Crippen LogP contribution in [0, 0.1) is 0 Å². The molecule has 0 spiro atoms. The van der Waals surface area contributed by atoms with Gasteiger partial charge in [-0.3, -0.25) is 0 Å². The highest BCUT2D eigenvalue weighted by Crippen LogP contribution is 2.45. The van der Waals surface area contributed by atoms with Crippen LogP contribution in [-0.4, -0.2) is 0 Å². The van der Waals surface area contributed by atoms with Crippen molar-refractivity contribution in [2.75, 3.05) is 4.90 Å². The zero-order valence-corrected chi connectivity index (χ0v) is 28.3. The summed E-state index contributed by atoms with van der Waals surface area (Å²) in [5, 5.41) is 14.8. The maximum Gasteiger partial charge on any atom is 0.143 e. The molecule has 10 aromatic carbocycles. The zero-order chi connectivity index (χ0) is 34.2. The molecule has 0 fully saturated rings. The molecule has 0 saturated carbocycles. The molecule has 11 aromatic rings. The molecular weight excluding hydrogens is 631 g/mol. The van der Waals surface area contributed by atoms with Gasteiger partial charge in [0.1, 0.15) is 11.2 Å². The lowest BCUT2D eigenvalue weighted by Gasteiger charge is -2.28. The van der Waals surface area contributed by atoms with Crippen molar-refractivity contribution in [3.05, 3.63) is 188 Å². The SMILES string of the molecule is [HH].[HH].[HH].[HH].[HH].[HH].c1ccc2c(c1)ccc1cccc(N(c3ccc(-c4cccc5c4oc4ccccc45)cc3)c3ccc4c5ccccc5c5ccccc5c4c3)c12. The van der Waals surface area contributed by atoms with E-state index in [1.807, 2.05) is 12.1 Å². The molecule has 11 rings (SSSR count). The predicted molar refractivity (Wildman–Crippen MR) is 234 cm³/mol. The van der Waals surface area contributed by atoms with Gasteiger partial charge in [0.05, 0.1) is 5.69 Å². The van der Waals surface area contributed by atoms with E-state index in [1.165, 1.54) is 53.9 Å². The number of anilines is 3. The molecule has 0 amide bonds. The van der Waals surface area contributed by atoms with E-state index in [0.29, 0.717) is 0 Å². The third-order valence-corrected chi connectivity index (χ3v) is 10.8. The summed E-state index contributed by atoms with van der Waals surface area (Å²) in [5.41, 5.74) is 7.38. The van der Waals surface area contributed by atoms with Crippen molar-refractivity contribution in [2.45, 2.75) is 0 Å². The van der Waals surface area contributed by atoms with E-state index < -0.39 is 0 Å². The number of benzene rings is 10. The van der Waals surface area contributed by atoms with Crippen molar-refractivity contribution < 1.29 is 13.0 Å². The van der Waals surface area contributed by atoms with Crippen molar-refractivity contribution in [1.82, 2.24) is 0 Å². The van der Waals surface area contributed by atoms with Crippen molar-refractivity contribution in [1.29, 1.82) is 0 Å². The molecule has 0 aliphatic carbocycles. The van der Waals surface area contributed by atoms with E-state index in [0.717, 1.165) is 50.1 Å². The van der Waals surface area contributed by atoms with Crippen LogP contribution in [0.15, 0.2) is 192 Å². The average Bonchev–Trinajstić information content (AvgIpc) is 3.60. The van der Waals surface area contributed by atoms with E-state index in [-0.39, 0.29) is 8.56 Å². The second-order valence-electron chi connectivity index (χ2n) is 13.6. The van der Waals surface area contributed by atoms with Crippen LogP contribution < -0.4 is 4.90 Å². The van der Waals surface area contributed by atoms with Crippen molar-refractivity contribution in [3.63, 3.8) is 0 Å². The summed E-state index contributed by atoms with van der Waals surface area (Å²) in [7, 11) is 0. The maximum atomic E-state index is 6.44. The van der Waals surface area contributed by atoms with Crippen LogP contribution in [0.2, 0.25) is 0 Å². The first-order chi connectivity index (χ1) is 25.8. The van der Waals surface area contributed by atoms with Gasteiger partial charge < -0.3 is 9.32 Å². The van der Waals surface area contributed by atoms with Crippen LogP contribution in [-0.2, 0) is 0 Å². The molecule has 52 heavy (non-hydrogen) atoms. The minimum Gasteiger partial charge on any atom is -0.455 e. The van der Waals surface area contributed by atoms with Gasteiger partial charge in [-0.2, -0.15) is 0 Å². The van der Waals surface area contributed by atoms with Crippen LogP contribution in [0.3, 0.4) is 0 Å². The van der Waals surface area contributed by atoms with Gasteiger partial charge in [-0.25, -0.2) is 0 Å². The molecule has 0 N–H and O–H groups in total. The van der Waals surface area contributed by atoms with Crippen LogP contribution in [0.5, 0.6) is 0 Å². The molecule has 1 heterocycles. The molecule has 0 bridgehead atoms. The van der Waals surface area contributed by atoms with E-state index >= 15 is 0 Å². The van der Waals surface area contributed by atoms with Crippen molar-refractivity contribution >= 4 is 92.9 Å².